The first-order valence-electron chi connectivity index (χ1n) is 12.3. The van der Waals surface area contributed by atoms with Gasteiger partial charge < -0.3 is 20.2 Å². The van der Waals surface area contributed by atoms with Gasteiger partial charge in [0.15, 0.2) is 0 Å². The number of fused-ring (bicyclic) bond motifs is 4. The van der Waals surface area contributed by atoms with Gasteiger partial charge in [0.25, 0.3) is 11.8 Å². The molecule has 0 radical (unpaired) electrons. The van der Waals surface area contributed by atoms with Gasteiger partial charge >= 0.3 is 11.8 Å². The zero-order valence-electron chi connectivity index (χ0n) is 20.5. The second kappa shape index (κ2) is 8.61. The number of aromatic nitrogens is 2. The SMILES string of the molecule is [C-]#[N+]c1nn(C)cc1N(CC1CC1)C(=O)[C@H]1[C@H]2CC(F)(F)CN2[C@]2(C(=O)Nc3c(Cl)cc(Cl)cc32)[C@H]1C(=O)O. The summed E-state index contributed by atoms with van der Waals surface area (Å²) in [5, 5.41) is 17.4. The molecule has 3 fully saturated rings. The van der Waals surface area contributed by atoms with Crippen LogP contribution in [-0.2, 0) is 27.0 Å². The van der Waals surface area contributed by atoms with Crippen molar-refractivity contribution in [1.82, 2.24) is 14.7 Å². The van der Waals surface area contributed by atoms with Gasteiger partial charge in [-0.3, -0.25) is 19.3 Å². The van der Waals surface area contributed by atoms with Crippen molar-refractivity contribution in [2.75, 3.05) is 23.3 Å². The number of carboxylic acid groups (broad SMARTS) is 1. The lowest BCUT2D eigenvalue weighted by Crippen LogP contribution is -2.54. The van der Waals surface area contributed by atoms with E-state index in [1.165, 1.54) is 27.9 Å². The Kier molecular flexibility index (Phi) is 5.74. The van der Waals surface area contributed by atoms with Crippen molar-refractivity contribution < 1.29 is 28.3 Å². The van der Waals surface area contributed by atoms with Crippen molar-refractivity contribution in [3.8, 4) is 0 Å². The number of rotatable bonds is 5. The molecule has 1 spiro atoms. The number of aliphatic carboxylic acids is 1. The number of alkyl halides is 2. The third-order valence-corrected chi connectivity index (χ3v) is 8.70. The van der Waals surface area contributed by atoms with Crippen LogP contribution in [0, 0.1) is 24.3 Å². The van der Waals surface area contributed by atoms with Gasteiger partial charge in [-0.05, 0) is 36.0 Å². The molecule has 1 aliphatic carbocycles. The second-order valence-electron chi connectivity index (χ2n) is 10.6. The third-order valence-electron chi connectivity index (χ3n) is 8.18. The monoisotopic (exact) mass is 578 g/mol. The summed E-state index contributed by atoms with van der Waals surface area (Å²) in [6.07, 6.45) is 2.32. The summed E-state index contributed by atoms with van der Waals surface area (Å²) < 4.78 is 31.5. The number of carboxylic acids is 1. The van der Waals surface area contributed by atoms with Gasteiger partial charge in [0.1, 0.15) is 11.5 Å². The number of anilines is 2. The summed E-state index contributed by atoms with van der Waals surface area (Å²) in [6, 6.07) is 1.42. The van der Waals surface area contributed by atoms with Crippen LogP contribution >= 0.6 is 23.2 Å². The highest BCUT2D eigenvalue weighted by Gasteiger charge is 2.74. The molecule has 2 saturated heterocycles. The minimum atomic E-state index is -3.29. The van der Waals surface area contributed by atoms with Crippen molar-refractivity contribution in [3.63, 3.8) is 0 Å². The van der Waals surface area contributed by atoms with Gasteiger partial charge in [-0.15, -0.1) is 0 Å². The maximum Gasteiger partial charge on any atom is 0.318 e. The predicted molar refractivity (Wildman–Crippen MR) is 136 cm³/mol. The van der Waals surface area contributed by atoms with E-state index in [0.29, 0.717) is 0 Å². The van der Waals surface area contributed by atoms with Crippen LogP contribution in [0.3, 0.4) is 0 Å². The fraction of sp³-hybridized carbons (Fsp3) is 0.480. The van der Waals surface area contributed by atoms with Crippen LogP contribution in [0.5, 0.6) is 0 Å². The highest BCUT2D eigenvalue weighted by Crippen LogP contribution is 2.61. The number of halogens is 4. The third kappa shape index (κ3) is 3.74. The molecule has 4 heterocycles. The average Bonchev–Trinajstić information content (AvgIpc) is 3.29. The Morgan fingerprint density at radius 2 is 2.05 bits per heavy atom. The number of hydrogen-bond donors (Lipinski definition) is 2. The summed E-state index contributed by atoms with van der Waals surface area (Å²) in [6.45, 7) is 6.78. The Morgan fingerprint density at radius 3 is 2.69 bits per heavy atom. The van der Waals surface area contributed by atoms with Crippen LogP contribution in [0.1, 0.15) is 24.8 Å². The van der Waals surface area contributed by atoms with E-state index < -0.39 is 60.1 Å². The minimum Gasteiger partial charge on any atom is -0.481 e. The molecule has 4 aliphatic rings. The molecule has 39 heavy (non-hydrogen) atoms. The lowest BCUT2D eigenvalue weighted by atomic mass is 9.73. The molecule has 0 bridgehead atoms. The fourth-order valence-corrected chi connectivity index (χ4v) is 7.10. The summed E-state index contributed by atoms with van der Waals surface area (Å²) >= 11 is 12.6. The van der Waals surface area contributed by atoms with Crippen LogP contribution in [0.15, 0.2) is 18.3 Å². The Hall–Kier alpha value is -3.27. The van der Waals surface area contributed by atoms with Gasteiger partial charge in [0.05, 0.1) is 35.1 Å². The van der Waals surface area contributed by atoms with Crippen LogP contribution in [0.25, 0.3) is 4.85 Å². The first kappa shape index (κ1) is 26.0. The van der Waals surface area contributed by atoms with E-state index in [4.69, 9.17) is 29.8 Å². The van der Waals surface area contributed by atoms with Crippen molar-refractivity contribution in [3.05, 3.63) is 45.4 Å². The number of carbonyl (C=O) groups excluding carboxylic acids is 2. The topological polar surface area (TPSA) is 112 Å². The molecule has 1 saturated carbocycles. The molecule has 3 aliphatic heterocycles. The molecule has 204 valence electrons. The maximum atomic E-state index is 15.0. The molecule has 4 atom stereocenters. The van der Waals surface area contributed by atoms with E-state index in [0.717, 1.165) is 17.7 Å². The summed E-state index contributed by atoms with van der Waals surface area (Å²) in [5.41, 5.74) is -1.85. The van der Waals surface area contributed by atoms with E-state index in [-0.39, 0.29) is 45.3 Å². The van der Waals surface area contributed by atoms with Gasteiger partial charge in [0.2, 0.25) is 5.91 Å². The summed E-state index contributed by atoms with van der Waals surface area (Å²) in [4.78, 5) is 47.0. The maximum absolute atomic E-state index is 15.0. The number of carbonyl (C=O) groups is 3. The molecular formula is C25H22Cl2F2N6O4. The highest BCUT2D eigenvalue weighted by atomic mass is 35.5. The Labute approximate surface area is 231 Å². The van der Waals surface area contributed by atoms with E-state index in [1.54, 1.807) is 7.05 Å². The standard InChI is InChI=1S/C25H22Cl2F2N6O4/c1-30-20-16(9-33(2)32-20)34(8-11-3-4-11)21(36)17-15-7-24(28,29)10-35(15)25(18(17)22(37)38)13-5-12(26)6-14(27)19(13)31-23(25)39/h5-6,9,11,15,17-18H,3-4,7-8,10H2,2H3,(H,31,39)(H,37,38)/t15-,17+,18-,25+/m1/s1. The number of hydrogen-bond acceptors (Lipinski definition) is 5. The number of aryl methyl sites for hydroxylation is 1. The van der Waals surface area contributed by atoms with Crippen molar-refractivity contribution in [2.24, 2.45) is 24.8 Å². The van der Waals surface area contributed by atoms with E-state index >= 15 is 8.78 Å². The van der Waals surface area contributed by atoms with Crippen LogP contribution in [-0.4, -0.2) is 62.6 Å². The number of benzene rings is 1. The molecule has 2 N–H and O–H groups in total. The first-order chi connectivity index (χ1) is 18.4. The summed E-state index contributed by atoms with van der Waals surface area (Å²) in [5.74, 6) is -9.62. The Bertz CT molecular complexity index is 1490. The van der Waals surface area contributed by atoms with E-state index in [2.05, 4.69) is 15.3 Å². The molecule has 6 rings (SSSR count). The van der Waals surface area contributed by atoms with Gasteiger partial charge in [-0.25, -0.2) is 13.5 Å². The van der Waals surface area contributed by atoms with Crippen molar-refractivity contribution in [2.45, 2.75) is 36.8 Å². The lowest BCUT2D eigenvalue weighted by molar-refractivity contribution is -0.153. The zero-order chi connectivity index (χ0) is 28.0. The Morgan fingerprint density at radius 1 is 1.33 bits per heavy atom. The molecule has 14 heteroatoms. The predicted octanol–water partition coefficient (Wildman–Crippen LogP) is 3.91. The number of amides is 2. The first-order valence-corrected chi connectivity index (χ1v) is 13.1. The van der Waals surface area contributed by atoms with Gasteiger partial charge in [0, 0.05) is 36.6 Å². The molecular weight excluding hydrogens is 557 g/mol. The van der Waals surface area contributed by atoms with Gasteiger partial charge in [-0.2, -0.15) is 0 Å². The Balaban J connectivity index is 1.55. The molecule has 2 aromatic rings. The largest absolute Gasteiger partial charge is 0.481 e. The molecule has 1 aromatic heterocycles. The fourth-order valence-electron chi connectivity index (χ4n) is 6.56. The number of nitrogens with zero attached hydrogens (tertiary/aromatic N) is 5. The van der Waals surface area contributed by atoms with Crippen LogP contribution in [0.2, 0.25) is 10.0 Å². The minimum absolute atomic E-state index is 0.0246. The number of nitrogens with one attached hydrogen (secondary N) is 1. The average molecular weight is 579 g/mol. The molecule has 1 aromatic carbocycles. The quantitative estimate of drug-likeness (QED) is 0.520. The van der Waals surface area contributed by atoms with Crippen molar-refractivity contribution in [1.29, 1.82) is 0 Å². The summed E-state index contributed by atoms with van der Waals surface area (Å²) in [7, 11) is 1.58. The zero-order valence-corrected chi connectivity index (χ0v) is 22.0. The molecule has 2 amide bonds. The molecule has 10 nitrogen and oxygen atoms in total. The van der Waals surface area contributed by atoms with E-state index in [9.17, 15) is 19.5 Å². The second-order valence-corrected chi connectivity index (χ2v) is 11.5. The lowest BCUT2D eigenvalue weighted by Gasteiger charge is -2.36. The smallest absolute Gasteiger partial charge is 0.318 e. The highest BCUT2D eigenvalue weighted by molar-refractivity contribution is 6.38. The molecule has 0 unspecified atom stereocenters. The van der Waals surface area contributed by atoms with Crippen LogP contribution < -0.4 is 10.2 Å². The normalized spacial score (nSPS) is 28.7. The van der Waals surface area contributed by atoms with Crippen LogP contribution in [0.4, 0.5) is 26.0 Å². The van der Waals surface area contributed by atoms with Gasteiger partial charge in [-0.1, -0.05) is 29.8 Å². The van der Waals surface area contributed by atoms with E-state index in [1.807, 2.05) is 0 Å². The van der Waals surface area contributed by atoms with Crippen molar-refractivity contribution >= 4 is 58.2 Å².